The molecule has 1 N–H and O–H groups in total. The Hall–Kier alpha value is -3.55. The smallest absolute Gasteiger partial charge is 0.272 e. The lowest BCUT2D eigenvalue weighted by atomic mass is 10.1. The summed E-state index contributed by atoms with van der Waals surface area (Å²) in [6, 6.07) is 9.59. The molecule has 0 saturated heterocycles. The number of ether oxygens (including phenoxy) is 3. The molecule has 0 bridgehead atoms. The van der Waals surface area contributed by atoms with Crippen molar-refractivity contribution in [1.29, 1.82) is 0 Å². The van der Waals surface area contributed by atoms with E-state index in [0.29, 0.717) is 28.5 Å². The minimum atomic E-state index is -0.312. The molecule has 0 unspecified atom stereocenters. The number of hydrogen-bond acceptors (Lipinski definition) is 5. The lowest BCUT2D eigenvalue weighted by Crippen LogP contribution is -2.25. The van der Waals surface area contributed by atoms with Crippen molar-refractivity contribution in [2.24, 2.45) is 0 Å². The molecule has 0 saturated carbocycles. The molecule has 1 heterocycles. The van der Waals surface area contributed by atoms with Gasteiger partial charge in [-0.25, -0.2) is 9.07 Å². The molecular weight excluding hydrogens is 401 g/mol. The third kappa shape index (κ3) is 3.93. The van der Waals surface area contributed by atoms with Gasteiger partial charge in [0.05, 0.1) is 39.1 Å². The second kappa shape index (κ2) is 8.67. The zero-order valence-corrected chi connectivity index (χ0v) is 17.7. The molecule has 1 aliphatic rings. The Morgan fingerprint density at radius 1 is 1.06 bits per heavy atom. The number of carbonyl (C=O) groups excluding carboxylic acids is 1. The van der Waals surface area contributed by atoms with Gasteiger partial charge in [0.15, 0.2) is 5.69 Å². The molecule has 7 nitrogen and oxygen atoms in total. The molecular formula is C23H24FN3O4. The minimum Gasteiger partial charge on any atom is -0.496 e. The van der Waals surface area contributed by atoms with Crippen molar-refractivity contribution >= 4 is 5.91 Å². The first kappa shape index (κ1) is 20.7. The highest BCUT2D eigenvalue weighted by Crippen LogP contribution is 2.34. The lowest BCUT2D eigenvalue weighted by Gasteiger charge is -2.15. The zero-order chi connectivity index (χ0) is 22.0. The van der Waals surface area contributed by atoms with E-state index >= 15 is 0 Å². The van der Waals surface area contributed by atoms with E-state index in [1.165, 1.54) is 12.1 Å². The highest BCUT2D eigenvalue weighted by molar-refractivity contribution is 5.94. The zero-order valence-electron chi connectivity index (χ0n) is 17.7. The number of aromatic nitrogens is 2. The third-order valence-electron chi connectivity index (χ3n) is 5.46. The predicted molar refractivity (Wildman–Crippen MR) is 113 cm³/mol. The monoisotopic (exact) mass is 425 g/mol. The van der Waals surface area contributed by atoms with Crippen LogP contribution < -0.4 is 19.5 Å². The van der Waals surface area contributed by atoms with E-state index in [0.717, 1.165) is 36.2 Å². The van der Waals surface area contributed by atoms with Crippen molar-refractivity contribution in [2.45, 2.75) is 25.8 Å². The van der Waals surface area contributed by atoms with Crippen molar-refractivity contribution in [3.05, 3.63) is 64.7 Å². The number of carbonyl (C=O) groups is 1. The SMILES string of the molecule is COc1cc(OC)c(CNC(=O)c2nn(-c3ccc(F)cc3)c3c2CCC3)c(OC)c1. The first-order chi connectivity index (χ1) is 15.0. The number of fused-ring (bicyclic) bond motifs is 1. The van der Waals surface area contributed by atoms with Gasteiger partial charge in [-0.1, -0.05) is 0 Å². The Morgan fingerprint density at radius 3 is 2.35 bits per heavy atom. The summed E-state index contributed by atoms with van der Waals surface area (Å²) in [5.41, 5.74) is 3.76. The van der Waals surface area contributed by atoms with Crippen LogP contribution in [0.1, 0.15) is 33.7 Å². The van der Waals surface area contributed by atoms with Crippen LogP contribution >= 0.6 is 0 Å². The number of methoxy groups -OCH3 is 3. The van der Waals surface area contributed by atoms with Crippen LogP contribution in [0.15, 0.2) is 36.4 Å². The summed E-state index contributed by atoms with van der Waals surface area (Å²) in [7, 11) is 4.67. The molecule has 162 valence electrons. The second-order valence-corrected chi connectivity index (χ2v) is 7.21. The summed E-state index contributed by atoms with van der Waals surface area (Å²) in [6.07, 6.45) is 2.57. The van der Waals surface area contributed by atoms with Crippen molar-refractivity contribution < 1.29 is 23.4 Å². The van der Waals surface area contributed by atoms with E-state index in [2.05, 4.69) is 10.4 Å². The van der Waals surface area contributed by atoms with Gasteiger partial charge in [0.25, 0.3) is 5.91 Å². The highest BCUT2D eigenvalue weighted by atomic mass is 19.1. The van der Waals surface area contributed by atoms with Crippen molar-refractivity contribution in [1.82, 2.24) is 15.1 Å². The summed E-state index contributed by atoms with van der Waals surface area (Å²) < 4.78 is 31.2. The van der Waals surface area contributed by atoms with Crippen LogP contribution in [0, 0.1) is 5.82 Å². The average molecular weight is 425 g/mol. The largest absolute Gasteiger partial charge is 0.496 e. The number of rotatable bonds is 7. The van der Waals surface area contributed by atoms with Gasteiger partial charge in [-0.15, -0.1) is 0 Å². The van der Waals surface area contributed by atoms with Gasteiger partial charge in [-0.2, -0.15) is 5.10 Å². The standard InChI is InChI=1S/C23H24FN3O4/c1-29-16-11-20(30-2)18(21(12-16)31-3)13-25-23(28)22-17-5-4-6-19(17)27(26-22)15-9-7-14(24)8-10-15/h7-12H,4-6,13H2,1-3H3,(H,25,28). The van der Waals surface area contributed by atoms with Gasteiger partial charge >= 0.3 is 0 Å². The fourth-order valence-electron chi connectivity index (χ4n) is 3.92. The molecule has 1 aromatic heterocycles. The van der Waals surface area contributed by atoms with Gasteiger partial charge in [0, 0.05) is 23.4 Å². The van der Waals surface area contributed by atoms with Crippen molar-refractivity contribution in [3.8, 4) is 22.9 Å². The molecule has 2 aromatic carbocycles. The maximum atomic E-state index is 13.3. The van der Waals surface area contributed by atoms with Crippen LogP contribution in [0.4, 0.5) is 4.39 Å². The summed E-state index contributed by atoms with van der Waals surface area (Å²) in [6.45, 7) is 0.202. The number of amides is 1. The van der Waals surface area contributed by atoms with Gasteiger partial charge in [-0.05, 0) is 43.5 Å². The molecule has 0 aliphatic heterocycles. The lowest BCUT2D eigenvalue weighted by molar-refractivity contribution is 0.0944. The Morgan fingerprint density at radius 2 is 1.74 bits per heavy atom. The first-order valence-electron chi connectivity index (χ1n) is 9.99. The number of hydrogen-bond donors (Lipinski definition) is 1. The molecule has 0 radical (unpaired) electrons. The number of nitrogens with one attached hydrogen (secondary N) is 1. The molecule has 31 heavy (non-hydrogen) atoms. The molecule has 3 aromatic rings. The molecule has 1 amide bonds. The minimum absolute atomic E-state index is 0.202. The van der Waals surface area contributed by atoms with E-state index in [9.17, 15) is 9.18 Å². The van der Waals surface area contributed by atoms with E-state index in [-0.39, 0.29) is 18.3 Å². The summed E-state index contributed by atoms with van der Waals surface area (Å²) in [4.78, 5) is 13.0. The predicted octanol–water partition coefficient (Wildman–Crippen LogP) is 3.46. The summed E-state index contributed by atoms with van der Waals surface area (Å²) >= 11 is 0. The van der Waals surface area contributed by atoms with E-state index in [1.54, 1.807) is 50.3 Å². The Balaban J connectivity index is 1.61. The highest BCUT2D eigenvalue weighted by Gasteiger charge is 2.27. The van der Waals surface area contributed by atoms with Crippen LogP contribution in [-0.2, 0) is 19.4 Å². The van der Waals surface area contributed by atoms with Gasteiger partial charge in [-0.3, -0.25) is 4.79 Å². The van der Waals surface area contributed by atoms with Gasteiger partial charge in [0.1, 0.15) is 23.1 Å². The summed E-state index contributed by atoms with van der Waals surface area (Å²) in [5, 5.41) is 7.49. The van der Waals surface area contributed by atoms with E-state index in [4.69, 9.17) is 14.2 Å². The number of nitrogens with zero attached hydrogens (tertiary/aromatic N) is 2. The molecule has 1 aliphatic carbocycles. The number of benzene rings is 2. The fourth-order valence-corrected chi connectivity index (χ4v) is 3.92. The molecule has 0 fully saturated rings. The first-order valence-corrected chi connectivity index (χ1v) is 9.99. The van der Waals surface area contributed by atoms with Crippen LogP contribution in [0.25, 0.3) is 5.69 Å². The van der Waals surface area contributed by atoms with Gasteiger partial charge in [0.2, 0.25) is 0 Å². The quantitative estimate of drug-likeness (QED) is 0.628. The topological polar surface area (TPSA) is 74.6 Å². The normalized spacial score (nSPS) is 12.4. The van der Waals surface area contributed by atoms with Crippen molar-refractivity contribution in [3.63, 3.8) is 0 Å². The maximum absolute atomic E-state index is 13.3. The Labute approximate surface area is 179 Å². The molecule has 0 atom stereocenters. The van der Waals surface area contributed by atoms with Gasteiger partial charge < -0.3 is 19.5 Å². The average Bonchev–Trinajstić information content (AvgIpc) is 3.40. The second-order valence-electron chi connectivity index (χ2n) is 7.21. The van der Waals surface area contributed by atoms with Crippen LogP contribution in [0.3, 0.4) is 0 Å². The Bertz CT molecular complexity index is 1080. The fraction of sp³-hybridized carbons (Fsp3) is 0.304. The van der Waals surface area contributed by atoms with Crippen LogP contribution in [0.2, 0.25) is 0 Å². The van der Waals surface area contributed by atoms with E-state index < -0.39 is 0 Å². The molecule has 4 rings (SSSR count). The maximum Gasteiger partial charge on any atom is 0.272 e. The summed E-state index contributed by atoms with van der Waals surface area (Å²) in [5.74, 6) is 1.11. The molecule has 0 spiro atoms. The van der Waals surface area contributed by atoms with Crippen LogP contribution in [0.5, 0.6) is 17.2 Å². The Kier molecular flexibility index (Phi) is 5.79. The third-order valence-corrected chi connectivity index (χ3v) is 5.46. The van der Waals surface area contributed by atoms with E-state index in [1.807, 2.05) is 0 Å². The van der Waals surface area contributed by atoms with Crippen LogP contribution in [-0.4, -0.2) is 37.0 Å². The number of halogens is 1. The van der Waals surface area contributed by atoms with Crippen molar-refractivity contribution in [2.75, 3.05) is 21.3 Å². The molecule has 8 heteroatoms.